The Kier molecular flexibility index (Phi) is 7.27. The molecule has 2 aromatic carbocycles. The highest BCUT2D eigenvalue weighted by molar-refractivity contribution is 6.46. The quantitative estimate of drug-likeness (QED) is 0.304. The van der Waals surface area contributed by atoms with E-state index in [0.29, 0.717) is 31.0 Å². The number of aryl methyl sites for hydroxylation is 1. The SMILES string of the molecule is Cc1cc(OCc2ccccc2)ccc1/C(O)=C1\C(=O)C(=O)N(CCN(C)C)[C@H]1c1ccncc1. The van der Waals surface area contributed by atoms with Crippen LogP contribution in [0.5, 0.6) is 5.75 Å². The van der Waals surface area contributed by atoms with Crippen molar-refractivity contribution in [1.82, 2.24) is 14.8 Å². The van der Waals surface area contributed by atoms with E-state index in [0.717, 1.165) is 16.7 Å². The van der Waals surface area contributed by atoms with Gasteiger partial charge in [0, 0.05) is 31.0 Å². The second kappa shape index (κ2) is 10.5. The molecule has 4 rings (SSSR count). The number of aliphatic hydroxyl groups is 1. The molecule has 7 heteroatoms. The van der Waals surface area contributed by atoms with Crippen molar-refractivity contribution in [3.05, 3.63) is 101 Å². The van der Waals surface area contributed by atoms with Gasteiger partial charge in [0.25, 0.3) is 11.7 Å². The maximum atomic E-state index is 13.1. The zero-order valence-electron chi connectivity index (χ0n) is 20.1. The first-order chi connectivity index (χ1) is 16.9. The lowest BCUT2D eigenvalue weighted by atomic mass is 9.94. The average Bonchev–Trinajstić information content (AvgIpc) is 3.12. The van der Waals surface area contributed by atoms with E-state index >= 15 is 0 Å². The molecule has 1 amide bonds. The molecule has 0 saturated carbocycles. The maximum Gasteiger partial charge on any atom is 0.295 e. The summed E-state index contributed by atoms with van der Waals surface area (Å²) in [5, 5.41) is 11.3. The van der Waals surface area contributed by atoms with Crippen molar-refractivity contribution in [1.29, 1.82) is 0 Å². The molecule has 0 bridgehead atoms. The van der Waals surface area contributed by atoms with Gasteiger partial charge in [-0.25, -0.2) is 0 Å². The minimum absolute atomic E-state index is 0.0843. The van der Waals surface area contributed by atoms with E-state index in [1.54, 1.807) is 36.7 Å². The van der Waals surface area contributed by atoms with Gasteiger partial charge in [0.1, 0.15) is 18.1 Å². The second-order valence-corrected chi connectivity index (χ2v) is 8.83. The van der Waals surface area contributed by atoms with E-state index in [9.17, 15) is 14.7 Å². The van der Waals surface area contributed by atoms with Crippen molar-refractivity contribution in [2.75, 3.05) is 27.2 Å². The Labute approximate surface area is 205 Å². The highest BCUT2D eigenvalue weighted by atomic mass is 16.5. The molecule has 1 aromatic heterocycles. The van der Waals surface area contributed by atoms with Crippen LogP contribution in [-0.2, 0) is 16.2 Å². The Balaban J connectivity index is 1.68. The van der Waals surface area contributed by atoms with Gasteiger partial charge in [-0.1, -0.05) is 30.3 Å². The normalized spacial score (nSPS) is 17.3. The number of Topliss-reactive ketones (excluding diaryl/α,β-unsaturated/α-hetero) is 1. The fraction of sp³-hybridized carbons (Fsp3) is 0.250. The number of pyridine rings is 1. The smallest absolute Gasteiger partial charge is 0.295 e. The standard InChI is InChI=1S/C28H29N3O4/c1-19-17-22(35-18-20-7-5-4-6-8-20)9-10-23(19)26(32)24-25(21-11-13-29-14-12-21)31(16-15-30(2)3)28(34)27(24)33/h4-14,17,25,32H,15-16,18H2,1-3H3/b26-24+/t25-/m0/s1. The number of amides is 1. The summed E-state index contributed by atoms with van der Waals surface area (Å²) in [7, 11) is 3.81. The number of benzene rings is 2. The van der Waals surface area contributed by atoms with Crippen molar-refractivity contribution in [2.24, 2.45) is 0 Å². The summed E-state index contributed by atoms with van der Waals surface area (Å²) in [4.78, 5) is 33.6. The number of hydrogen-bond donors (Lipinski definition) is 1. The van der Waals surface area contributed by atoms with Crippen LogP contribution in [0.1, 0.15) is 28.3 Å². The van der Waals surface area contributed by atoms with Crippen LogP contribution >= 0.6 is 0 Å². The van der Waals surface area contributed by atoms with Crippen molar-refractivity contribution in [3.8, 4) is 5.75 Å². The van der Waals surface area contributed by atoms with Gasteiger partial charge in [-0.2, -0.15) is 0 Å². The number of nitrogens with zero attached hydrogens (tertiary/aromatic N) is 3. The molecule has 3 aromatic rings. The third kappa shape index (κ3) is 5.25. The van der Waals surface area contributed by atoms with Crippen LogP contribution in [0.3, 0.4) is 0 Å². The monoisotopic (exact) mass is 471 g/mol. The van der Waals surface area contributed by atoms with E-state index in [1.807, 2.05) is 62.3 Å². The maximum absolute atomic E-state index is 13.1. The summed E-state index contributed by atoms with van der Waals surface area (Å²) in [5.74, 6) is -0.841. The Bertz CT molecular complexity index is 1240. The Morgan fingerprint density at radius 3 is 2.43 bits per heavy atom. The predicted molar refractivity (Wildman–Crippen MR) is 134 cm³/mol. The molecule has 1 atom stereocenters. The van der Waals surface area contributed by atoms with Gasteiger partial charge < -0.3 is 19.6 Å². The highest BCUT2D eigenvalue weighted by Crippen LogP contribution is 2.39. The molecule has 1 saturated heterocycles. The van der Waals surface area contributed by atoms with Gasteiger partial charge in [0.2, 0.25) is 0 Å². The van der Waals surface area contributed by atoms with Crippen molar-refractivity contribution in [3.63, 3.8) is 0 Å². The molecule has 0 unspecified atom stereocenters. The first-order valence-corrected chi connectivity index (χ1v) is 11.5. The lowest BCUT2D eigenvalue weighted by Gasteiger charge is -2.26. The number of ketones is 1. The topological polar surface area (TPSA) is 83.0 Å². The van der Waals surface area contributed by atoms with Crippen LogP contribution in [0, 0.1) is 6.92 Å². The number of ether oxygens (including phenoxy) is 1. The zero-order chi connectivity index (χ0) is 24.9. The molecule has 180 valence electrons. The number of likely N-dealkylation sites (N-methyl/N-ethyl adjacent to an activating group) is 1. The summed E-state index contributed by atoms with van der Waals surface area (Å²) in [6, 6.07) is 18.0. The van der Waals surface area contributed by atoms with E-state index in [1.165, 1.54) is 4.90 Å². The molecular weight excluding hydrogens is 442 g/mol. The number of carbonyl (C=O) groups is 2. The predicted octanol–water partition coefficient (Wildman–Crippen LogP) is 3.95. The van der Waals surface area contributed by atoms with Crippen LogP contribution in [0.4, 0.5) is 0 Å². The number of aromatic nitrogens is 1. The van der Waals surface area contributed by atoms with Crippen LogP contribution in [0.25, 0.3) is 5.76 Å². The Morgan fingerprint density at radius 2 is 1.77 bits per heavy atom. The molecule has 1 aliphatic heterocycles. The summed E-state index contributed by atoms with van der Waals surface area (Å²) < 4.78 is 5.89. The third-order valence-electron chi connectivity index (χ3n) is 6.05. The van der Waals surface area contributed by atoms with E-state index in [-0.39, 0.29) is 11.3 Å². The molecule has 0 radical (unpaired) electrons. The first-order valence-electron chi connectivity index (χ1n) is 11.5. The third-order valence-corrected chi connectivity index (χ3v) is 6.05. The lowest BCUT2D eigenvalue weighted by Crippen LogP contribution is -2.35. The summed E-state index contributed by atoms with van der Waals surface area (Å²) in [6.45, 7) is 3.20. The van der Waals surface area contributed by atoms with E-state index in [2.05, 4.69) is 4.98 Å². The summed E-state index contributed by atoms with van der Waals surface area (Å²) in [6.07, 6.45) is 3.23. The van der Waals surface area contributed by atoms with Crippen molar-refractivity contribution < 1.29 is 19.4 Å². The number of aliphatic hydroxyl groups excluding tert-OH is 1. The largest absolute Gasteiger partial charge is 0.507 e. The van der Waals surface area contributed by atoms with Gasteiger partial charge in [-0.15, -0.1) is 0 Å². The van der Waals surface area contributed by atoms with E-state index in [4.69, 9.17) is 4.74 Å². The molecule has 1 N–H and O–H groups in total. The molecule has 1 aliphatic rings. The van der Waals surface area contributed by atoms with Gasteiger partial charge in [-0.05, 0) is 68.0 Å². The minimum atomic E-state index is -0.689. The Hall–Kier alpha value is -3.97. The molecular formula is C28H29N3O4. The summed E-state index contributed by atoms with van der Waals surface area (Å²) >= 11 is 0. The van der Waals surface area contributed by atoms with Gasteiger partial charge in [0.15, 0.2) is 0 Å². The van der Waals surface area contributed by atoms with Crippen molar-refractivity contribution >= 4 is 17.4 Å². The molecule has 35 heavy (non-hydrogen) atoms. The van der Waals surface area contributed by atoms with Crippen LogP contribution in [0.15, 0.2) is 78.6 Å². The van der Waals surface area contributed by atoms with Gasteiger partial charge >= 0.3 is 0 Å². The van der Waals surface area contributed by atoms with Crippen LogP contribution in [-0.4, -0.2) is 58.8 Å². The summed E-state index contributed by atoms with van der Waals surface area (Å²) in [5.41, 5.74) is 3.08. The Morgan fingerprint density at radius 1 is 1.06 bits per heavy atom. The number of carbonyl (C=O) groups excluding carboxylic acids is 2. The molecule has 0 aliphatic carbocycles. The number of likely N-dealkylation sites (tertiary alicyclic amines) is 1. The highest BCUT2D eigenvalue weighted by Gasteiger charge is 2.46. The lowest BCUT2D eigenvalue weighted by molar-refractivity contribution is -0.140. The van der Waals surface area contributed by atoms with Crippen LogP contribution in [0.2, 0.25) is 0 Å². The fourth-order valence-electron chi connectivity index (χ4n) is 4.19. The van der Waals surface area contributed by atoms with Gasteiger partial charge in [-0.3, -0.25) is 14.6 Å². The first kappa shape index (κ1) is 24.2. The fourth-order valence-corrected chi connectivity index (χ4v) is 4.19. The number of hydrogen-bond acceptors (Lipinski definition) is 6. The molecule has 2 heterocycles. The van der Waals surface area contributed by atoms with Crippen LogP contribution < -0.4 is 4.74 Å². The van der Waals surface area contributed by atoms with Gasteiger partial charge in [0.05, 0.1) is 11.6 Å². The second-order valence-electron chi connectivity index (χ2n) is 8.83. The molecule has 1 fully saturated rings. The minimum Gasteiger partial charge on any atom is -0.507 e. The zero-order valence-corrected chi connectivity index (χ0v) is 20.1. The number of rotatable bonds is 8. The van der Waals surface area contributed by atoms with Crippen molar-refractivity contribution in [2.45, 2.75) is 19.6 Å². The molecule has 7 nitrogen and oxygen atoms in total. The van der Waals surface area contributed by atoms with E-state index < -0.39 is 17.7 Å². The average molecular weight is 472 g/mol. The molecule has 0 spiro atoms.